The fourth-order valence-corrected chi connectivity index (χ4v) is 3.99. The molecule has 0 aromatic carbocycles. The van der Waals surface area contributed by atoms with E-state index in [9.17, 15) is 0 Å². The van der Waals surface area contributed by atoms with E-state index >= 15 is 0 Å². The molecule has 2 unspecified atom stereocenters. The van der Waals surface area contributed by atoms with E-state index < -0.39 is 0 Å². The maximum atomic E-state index is 4.89. The van der Waals surface area contributed by atoms with Gasteiger partial charge in [0.05, 0.1) is 6.54 Å². The highest BCUT2D eigenvalue weighted by atomic mass is 16.5. The van der Waals surface area contributed by atoms with Gasteiger partial charge in [-0.1, -0.05) is 38.3 Å². The summed E-state index contributed by atoms with van der Waals surface area (Å²) in [5, 5.41) is 7.82. The molecule has 5 nitrogen and oxygen atoms in total. The zero-order valence-corrected chi connectivity index (χ0v) is 13.3. The maximum absolute atomic E-state index is 4.89. The maximum Gasteiger partial charge on any atom is 0.213 e. The van der Waals surface area contributed by atoms with Crippen LogP contribution in [0.25, 0.3) is 0 Å². The van der Waals surface area contributed by atoms with Crippen molar-refractivity contribution >= 4 is 0 Å². The molecular formula is C16H28N4O. The van der Waals surface area contributed by atoms with Crippen molar-refractivity contribution < 1.29 is 4.52 Å². The molecule has 0 amide bonds. The van der Waals surface area contributed by atoms with E-state index in [1.54, 1.807) is 0 Å². The van der Waals surface area contributed by atoms with Gasteiger partial charge in [0.2, 0.25) is 6.39 Å². The van der Waals surface area contributed by atoms with E-state index in [4.69, 9.17) is 4.52 Å². The van der Waals surface area contributed by atoms with Crippen molar-refractivity contribution in [2.24, 2.45) is 11.8 Å². The molecule has 2 atom stereocenters. The molecule has 1 aliphatic heterocycles. The smallest absolute Gasteiger partial charge is 0.213 e. The molecule has 1 saturated heterocycles. The first-order chi connectivity index (χ1) is 10.2. The fraction of sp³-hybridized carbons (Fsp3) is 0.875. The summed E-state index contributed by atoms with van der Waals surface area (Å²) in [6, 6.07) is 1.19. The summed E-state index contributed by atoms with van der Waals surface area (Å²) in [6.07, 6.45) is 8.44. The van der Waals surface area contributed by atoms with Crippen LogP contribution >= 0.6 is 0 Å². The SMILES string of the molecule is CC(C)C1CNC(C2CCCCC2)CN1Cc1ncon1. The molecular weight excluding hydrogens is 264 g/mol. The minimum Gasteiger partial charge on any atom is -0.343 e. The Labute approximate surface area is 127 Å². The normalized spacial score (nSPS) is 29.1. The van der Waals surface area contributed by atoms with E-state index in [2.05, 4.69) is 34.2 Å². The molecule has 118 valence electrons. The summed E-state index contributed by atoms with van der Waals surface area (Å²) in [5.74, 6) is 2.29. The number of nitrogens with zero attached hydrogens (tertiary/aromatic N) is 3. The highest BCUT2D eigenvalue weighted by Gasteiger charge is 2.34. The van der Waals surface area contributed by atoms with Crippen LogP contribution in [0.15, 0.2) is 10.9 Å². The molecule has 0 bridgehead atoms. The number of aromatic nitrogens is 2. The van der Waals surface area contributed by atoms with Gasteiger partial charge in [-0.05, 0) is 24.7 Å². The lowest BCUT2D eigenvalue weighted by atomic mass is 9.82. The molecule has 21 heavy (non-hydrogen) atoms. The van der Waals surface area contributed by atoms with Gasteiger partial charge in [-0.25, -0.2) is 0 Å². The number of rotatable bonds is 4. The number of hydrogen-bond donors (Lipinski definition) is 1. The summed E-state index contributed by atoms with van der Waals surface area (Å²) in [6.45, 7) is 7.61. The zero-order chi connectivity index (χ0) is 14.7. The summed E-state index contributed by atoms with van der Waals surface area (Å²) >= 11 is 0. The zero-order valence-electron chi connectivity index (χ0n) is 13.3. The Hall–Kier alpha value is -0.940. The lowest BCUT2D eigenvalue weighted by molar-refractivity contribution is 0.0633. The Kier molecular flexibility index (Phi) is 4.91. The summed E-state index contributed by atoms with van der Waals surface area (Å²) in [7, 11) is 0. The van der Waals surface area contributed by atoms with Crippen LogP contribution in [-0.4, -0.2) is 40.2 Å². The van der Waals surface area contributed by atoms with Crippen LogP contribution < -0.4 is 5.32 Å². The van der Waals surface area contributed by atoms with Crippen molar-refractivity contribution in [1.29, 1.82) is 0 Å². The Morgan fingerprint density at radius 3 is 2.81 bits per heavy atom. The second-order valence-electron chi connectivity index (χ2n) is 7.00. The van der Waals surface area contributed by atoms with Gasteiger partial charge in [0.25, 0.3) is 0 Å². The molecule has 1 saturated carbocycles. The standard InChI is InChI=1S/C16H28N4O/c1-12(2)15-8-17-14(13-6-4-3-5-7-13)9-20(15)10-16-18-11-21-19-16/h11-15,17H,3-10H2,1-2H3. The van der Waals surface area contributed by atoms with Gasteiger partial charge in [0, 0.05) is 25.2 Å². The Morgan fingerprint density at radius 2 is 2.14 bits per heavy atom. The third-order valence-corrected chi connectivity index (χ3v) is 5.23. The average molecular weight is 292 g/mol. The summed E-state index contributed by atoms with van der Waals surface area (Å²) in [4.78, 5) is 6.76. The van der Waals surface area contributed by atoms with Crippen LogP contribution in [-0.2, 0) is 6.54 Å². The minimum absolute atomic E-state index is 0.559. The lowest BCUT2D eigenvalue weighted by Crippen LogP contribution is -2.60. The van der Waals surface area contributed by atoms with Crippen LogP contribution in [0.4, 0.5) is 0 Å². The van der Waals surface area contributed by atoms with Crippen molar-refractivity contribution in [2.45, 2.75) is 64.6 Å². The van der Waals surface area contributed by atoms with Crippen molar-refractivity contribution in [3.8, 4) is 0 Å². The third kappa shape index (κ3) is 3.64. The van der Waals surface area contributed by atoms with Gasteiger partial charge in [-0.2, -0.15) is 4.98 Å². The molecule has 0 spiro atoms. The monoisotopic (exact) mass is 292 g/mol. The fourth-order valence-electron chi connectivity index (χ4n) is 3.99. The predicted molar refractivity (Wildman–Crippen MR) is 81.7 cm³/mol. The van der Waals surface area contributed by atoms with E-state index in [0.29, 0.717) is 18.0 Å². The second-order valence-corrected chi connectivity index (χ2v) is 7.00. The van der Waals surface area contributed by atoms with Gasteiger partial charge < -0.3 is 9.84 Å². The topological polar surface area (TPSA) is 54.2 Å². The van der Waals surface area contributed by atoms with Gasteiger partial charge >= 0.3 is 0 Å². The van der Waals surface area contributed by atoms with E-state index in [1.165, 1.54) is 38.5 Å². The van der Waals surface area contributed by atoms with Crippen LogP contribution in [0.1, 0.15) is 51.8 Å². The largest absolute Gasteiger partial charge is 0.343 e. The van der Waals surface area contributed by atoms with Crippen molar-refractivity contribution in [3.63, 3.8) is 0 Å². The van der Waals surface area contributed by atoms with E-state index in [1.807, 2.05) is 0 Å². The predicted octanol–water partition coefficient (Wildman–Crippen LogP) is 2.45. The first-order valence-corrected chi connectivity index (χ1v) is 8.46. The van der Waals surface area contributed by atoms with Gasteiger partial charge in [-0.15, -0.1) is 0 Å². The van der Waals surface area contributed by atoms with Crippen LogP contribution in [0, 0.1) is 11.8 Å². The Bertz CT molecular complexity index is 414. The lowest BCUT2D eigenvalue weighted by Gasteiger charge is -2.45. The quantitative estimate of drug-likeness (QED) is 0.924. The Balaban J connectivity index is 1.65. The molecule has 2 aliphatic rings. The van der Waals surface area contributed by atoms with Crippen LogP contribution in [0.5, 0.6) is 0 Å². The average Bonchev–Trinajstić information content (AvgIpc) is 3.01. The van der Waals surface area contributed by atoms with E-state index in [-0.39, 0.29) is 0 Å². The van der Waals surface area contributed by atoms with Gasteiger partial charge in [0.15, 0.2) is 5.82 Å². The van der Waals surface area contributed by atoms with Crippen LogP contribution in [0.3, 0.4) is 0 Å². The molecule has 1 N–H and O–H groups in total. The number of nitrogens with one attached hydrogen (secondary N) is 1. The molecule has 2 heterocycles. The van der Waals surface area contributed by atoms with Gasteiger partial charge in [0.1, 0.15) is 0 Å². The molecule has 1 aromatic heterocycles. The van der Waals surface area contributed by atoms with Crippen LogP contribution in [0.2, 0.25) is 0 Å². The third-order valence-electron chi connectivity index (χ3n) is 5.23. The molecule has 2 fully saturated rings. The Morgan fingerprint density at radius 1 is 1.33 bits per heavy atom. The molecule has 1 aliphatic carbocycles. The highest BCUT2D eigenvalue weighted by molar-refractivity contribution is 4.93. The van der Waals surface area contributed by atoms with E-state index in [0.717, 1.165) is 31.4 Å². The minimum atomic E-state index is 0.559. The summed E-state index contributed by atoms with van der Waals surface area (Å²) in [5.41, 5.74) is 0. The first-order valence-electron chi connectivity index (χ1n) is 8.46. The van der Waals surface area contributed by atoms with Gasteiger partial charge in [-0.3, -0.25) is 4.90 Å². The number of piperazine rings is 1. The molecule has 0 radical (unpaired) electrons. The van der Waals surface area contributed by atoms with Crippen molar-refractivity contribution in [2.75, 3.05) is 13.1 Å². The highest BCUT2D eigenvalue weighted by Crippen LogP contribution is 2.29. The molecule has 5 heteroatoms. The molecule has 1 aromatic rings. The first kappa shape index (κ1) is 15.0. The van der Waals surface area contributed by atoms with Crippen molar-refractivity contribution in [3.05, 3.63) is 12.2 Å². The molecule has 3 rings (SSSR count). The second kappa shape index (κ2) is 6.88. The number of hydrogen-bond acceptors (Lipinski definition) is 5. The summed E-state index contributed by atoms with van der Waals surface area (Å²) < 4.78 is 4.89. The van der Waals surface area contributed by atoms with Crippen molar-refractivity contribution in [1.82, 2.24) is 20.4 Å².